The van der Waals surface area contributed by atoms with Crippen LogP contribution in [0.25, 0.3) is 0 Å². The number of nitrogens with two attached hydrogens (primary N) is 1. The van der Waals surface area contributed by atoms with Gasteiger partial charge in [-0.2, -0.15) is 0 Å². The normalized spacial score (nSPS) is 12.2. The number of benzene rings is 1. The van der Waals surface area contributed by atoms with Crippen LogP contribution in [0.4, 0.5) is 8.78 Å². The summed E-state index contributed by atoms with van der Waals surface area (Å²) in [5.41, 5.74) is 8.01. The van der Waals surface area contributed by atoms with Crippen molar-refractivity contribution in [3.8, 4) is 5.75 Å². The quantitative estimate of drug-likeness (QED) is 0.921. The summed E-state index contributed by atoms with van der Waals surface area (Å²) in [6.45, 7) is 3.93. The Morgan fingerprint density at radius 1 is 1.19 bits per heavy atom. The minimum atomic E-state index is -0.881. The van der Waals surface area contributed by atoms with Gasteiger partial charge in [-0.25, -0.2) is 8.78 Å². The van der Waals surface area contributed by atoms with Gasteiger partial charge < -0.3 is 10.5 Å². The maximum absolute atomic E-state index is 13.1. The smallest absolute Gasteiger partial charge is 0.159 e. The van der Waals surface area contributed by atoms with Crippen LogP contribution in [0.15, 0.2) is 30.3 Å². The molecule has 0 aliphatic heterocycles. The zero-order valence-corrected chi connectivity index (χ0v) is 12.1. The molecule has 2 aromatic rings. The second-order valence-electron chi connectivity index (χ2n) is 5.12. The molecule has 1 aromatic carbocycles. The molecule has 1 aromatic heterocycles. The van der Waals surface area contributed by atoms with E-state index < -0.39 is 11.6 Å². The molecule has 21 heavy (non-hydrogen) atoms. The lowest BCUT2D eigenvalue weighted by Crippen LogP contribution is -2.19. The highest BCUT2D eigenvalue weighted by Gasteiger charge is 2.09. The summed E-state index contributed by atoms with van der Waals surface area (Å²) in [4.78, 5) is 4.42. The minimum absolute atomic E-state index is 0.0371. The monoisotopic (exact) mass is 292 g/mol. The molecule has 2 rings (SSSR count). The number of pyridine rings is 1. The van der Waals surface area contributed by atoms with E-state index in [1.165, 1.54) is 6.07 Å². The van der Waals surface area contributed by atoms with Crippen molar-refractivity contribution in [2.45, 2.75) is 32.9 Å². The molecule has 1 atom stereocenters. The van der Waals surface area contributed by atoms with Crippen LogP contribution < -0.4 is 10.5 Å². The third-order valence-corrected chi connectivity index (χ3v) is 2.97. The van der Waals surface area contributed by atoms with Crippen molar-refractivity contribution in [1.29, 1.82) is 0 Å². The number of hydrogen-bond donors (Lipinski definition) is 1. The molecule has 2 N–H and O–H groups in total. The molecule has 0 amide bonds. The predicted molar refractivity (Wildman–Crippen MR) is 77.0 cm³/mol. The molecule has 0 bridgehead atoms. The Kier molecular flexibility index (Phi) is 4.85. The molecule has 3 nitrogen and oxygen atoms in total. The fourth-order valence-electron chi connectivity index (χ4n) is 1.97. The largest absolute Gasteiger partial charge is 0.487 e. The van der Waals surface area contributed by atoms with Gasteiger partial charge in [0.1, 0.15) is 12.4 Å². The maximum Gasteiger partial charge on any atom is 0.159 e. The highest BCUT2D eigenvalue weighted by Crippen LogP contribution is 2.20. The molecule has 112 valence electrons. The Bertz CT molecular complexity index is 630. The van der Waals surface area contributed by atoms with Gasteiger partial charge in [-0.05, 0) is 43.7 Å². The van der Waals surface area contributed by atoms with E-state index in [-0.39, 0.29) is 12.6 Å². The molecule has 5 heteroatoms. The number of halogens is 2. The Morgan fingerprint density at radius 3 is 2.62 bits per heavy atom. The van der Waals surface area contributed by atoms with E-state index in [4.69, 9.17) is 10.5 Å². The predicted octanol–water partition coefficient (Wildman–Crippen LogP) is 3.14. The van der Waals surface area contributed by atoms with E-state index in [0.717, 1.165) is 23.5 Å². The second kappa shape index (κ2) is 6.63. The topological polar surface area (TPSA) is 48.1 Å². The van der Waals surface area contributed by atoms with Crippen LogP contribution in [0, 0.1) is 18.6 Å². The van der Waals surface area contributed by atoms with Gasteiger partial charge in [-0.3, -0.25) is 4.98 Å². The highest BCUT2D eigenvalue weighted by atomic mass is 19.2. The third-order valence-electron chi connectivity index (χ3n) is 2.97. The SMILES string of the molecule is Cc1ccc(OCc2ccc(F)c(F)c2)c(CC(C)N)n1. The van der Waals surface area contributed by atoms with Crippen LogP contribution in [0.3, 0.4) is 0 Å². The Morgan fingerprint density at radius 2 is 1.95 bits per heavy atom. The second-order valence-corrected chi connectivity index (χ2v) is 5.12. The van der Waals surface area contributed by atoms with E-state index in [0.29, 0.717) is 17.7 Å². The van der Waals surface area contributed by atoms with Crippen molar-refractivity contribution in [2.75, 3.05) is 0 Å². The molecule has 0 aliphatic rings. The lowest BCUT2D eigenvalue weighted by Gasteiger charge is -2.13. The highest BCUT2D eigenvalue weighted by molar-refractivity contribution is 5.30. The number of hydrogen-bond acceptors (Lipinski definition) is 3. The van der Waals surface area contributed by atoms with Gasteiger partial charge in [0.2, 0.25) is 0 Å². The number of rotatable bonds is 5. The van der Waals surface area contributed by atoms with Gasteiger partial charge in [0.25, 0.3) is 0 Å². The van der Waals surface area contributed by atoms with Crippen LogP contribution in [0.1, 0.15) is 23.9 Å². The van der Waals surface area contributed by atoms with Crippen molar-refractivity contribution in [2.24, 2.45) is 5.73 Å². The zero-order valence-electron chi connectivity index (χ0n) is 12.1. The molecular formula is C16H18F2N2O. The maximum atomic E-state index is 13.1. The Balaban J connectivity index is 2.13. The minimum Gasteiger partial charge on any atom is -0.487 e. The first-order valence-corrected chi connectivity index (χ1v) is 6.74. The molecule has 0 spiro atoms. The first-order valence-electron chi connectivity index (χ1n) is 6.74. The van der Waals surface area contributed by atoms with Crippen molar-refractivity contribution in [3.63, 3.8) is 0 Å². The van der Waals surface area contributed by atoms with Crippen LogP contribution in [-0.2, 0) is 13.0 Å². The van der Waals surface area contributed by atoms with Gasteiger partial charge in [0.15, 0.2) is 11.6 Å². The van der Waals surface area contributed by atoms with Crippen molar-refractivity contribution in [1.82, 2.24) is 4.98 Å². The van der Waals surface area contributed by atoms with E-state index in [1.54, 1.807) is 0 Å². The number of aryl methyl sites for hydroxylation is 1. The van der Waals surface area contributed by atoms with Crippen LogP contribution >= 0.6 is 0 Å². The summed E-state index contributed by atoms with van der Waals surface area (Å²) in [7, 11) is 0. The summed E-state index contributed by atoms with van der Waals surface area (Å²) in [6.07, 6.45) is 0.592. The molecule has 0 radical (unpaired) electrons. The summed E-state index contributed by atoms with van der Waals surface area (Å²) >= 11 is 0. The van der Waals surface area contributed by atoms with E-state index >= 15 is 0 Å². The fourth-order valence-corrected chi connectivity index (χ4v) is 1.97. The number of aromatic nitrogens is 1. The number of ether oxygens (including phenoxy) is 1. The number of nitrogens with zero attached hydrogens (tertiary/aromatic N) is 1. The van der Waals surface area contributed by atoms with E-state index in [2.05, 4.69) is 4.98 Å². The average molecular weight is 292 g/mol. The zero-order chi connectivity index (χ0) is 15.4. The summed E-state index contributed by atoms with van der Waals surface area (Å²) in [6, 6.07) is 7.33. The average Bonchev–Trinajstić information content (AvgIpc) is 2.41. The first kappa shape index (κ1) is 15.4. The van der Waals surface area contributed by atoms with Gasteiger partial charge >= 0.3 is 0 Å². The molecule has 0 saturated carbocycles. The molecular weight excluding hydrogens is 274 g/mol. The van der Waals surface area contributed by atoms with Crippen LogP contribution in [0.5, 0.6) is 5.75 Å². The first-order chi connectivity index (χ1) is 9.95. The van der Waals surface area contributed by atoms with E-state index in [1.807, 2.05) is 26.0 Å². The molecule has 0 fully saturated rings. The van der Waals surface area contributed by atoms with Crippen LogP contribution in [-0.4, -0.2) is 11.0 Å². The van der Waals surface area contributed by atoms with Crippen LogP contribution in [0.2, 0.25) is 0 Å². The lowest BCUT2D eigenvalue weighted by molar-refractivity contribution is 0.299. The molecule has 1 heterocycles. The summed E-state index contributed by atoms with van der Waals surface area (Å²) in [5, 5.41) is 0. The van der Waals surface area contributed by atoms with Gasteiger partial charge in [0.05, 0.1) is 5.69 Å². The molecule has 1 unspecified atom stereocenters. The summed E-state index contributed by atoms with van der Waals surface area (Å²) in [5.74, 6) is -1.13. The Hall–Kier alpha value is -2.01. The fraction of sp³-hybridized carbons (Fsp3) is 0.312. The lowest BCUT2D eigenvalue weighted by atomic mass is 10.1. The summed E-state index contributed by atoms with van der Waals surface area (Å²) < 4.78 is 31.7. The van der Waals surface area contributed by atoms with Gasteiger partial charge in [-0.15, -0.1) is 0 Å². The van der Waals surface area contributed by atoms with Gasteiger partial charge in [-0.1, -0.05) is 6.07 Å². The molecule has 0 saturated heterocycles. The standard InChI is InChI=1S/C16H18F2N2O/c1-10(19)7-15-16(6-3-11(2)20-15)21-9-12-4-5-13(17)14(18)8-12/h3-6,8,10H,7,9,19H2,1-2H3. The van der Waals surface area contributed by atoms with Crippen molar-refractivity contribution in [3.05, 3.63) is 58.9 Å². The molecule has 0 aliphatic carbocycles. The van der Waals surface area contributed by atoms with Gasteiger partial charge in [0, 0.05) is 18.2 Å². The third kappa shape index (κ3) is 4.23. The Labute approximate surface area is 122 Å². The van der Waals surface area contributed by atoms with Crippen molar-refractivity contribution >= 4 is 0 Å². The van der Waals surface area contributed by atoms with Crippen molar-refractivity contribution < 1.29 is 13.5 Å². The van der Waals surface area contributed by atoms with E-state index in [9.17, 15) is 8.78 Å².